The van der Waals surface area contributed by atoms with E-state index in [0.29, 0.717) is 18.9 Å². The fourth-order valence-corrected chi connectivity index (χ4v) is 2.97. The van der Waals surface area contributed by atoms with Crippen LogP contribution in [0.15, 0.2) is 0 Å². The first kappa shape index (κ1) is 16.7. The highest BCUT2D eigenvalue weighted by Crippen LogP contribution is 2.17. The van der Waals surface area contributed by atoms with Crippen molar-refractivity contribution in [2.24, 2.45) is 5.92 Å². The third-order valence-corrected chi connectivity index (χ3v) is 3.97. The molecule has 21 heavy (non-hydrogen) atoms. The maximum absolute atomic E-state index is 11.8. The smallest absolute Gasteiger partial charge is 0.305 e. The molecule has 2 unspecified atom stereocenters. The van der Waals surface area contributed by atoms with Crippen LogP contribution in [0.1, 0.15) is 39.5 Å². The number of hydrogen-bond donors (Lipinski definition) is 0. The van der Waals surface area contributed by atoms with Crippen LogP contribution in [-0.4, -0.2) is 62.5 Å². The minimum atomic E-state index is -0.130. The molecule has 2 rings (SSSR count). The van der Waals surface area contributed by atoms with Gasteiger partial charge >= 0.3 is 5.97 Å². The summed E-state index contributed by atoms with van der Waals surface area (Å²) in [4.78, 5) is 14.1. The predicted molar refractivity (Wildman–Crippen MR) is 80.2 cm³/mol. The van der Waals surface area contributed by atoms with Crippen LogP contribution in [-0.2, 0) is 19.0 Å². The molecule has 0 bridgehead atoms. The molecule has 0 radical (unpaired) electrons. The minimum Gasteiger partial charge on any atom is -0.463 e. The normalized spacial score (nSPS) is 27.2. The monoisotopic (exact) mass is 299 g/mol. The zero-order valence-corrected chi connectivity index (χ0v) is 13.4. The van der Waals surface area contributed by atoms with E-state index in [9.17, 15) is 4.79 Å². The van der Waals surface area contributed by atoms with E-state index in [1.807, 2.05) is 0 Å². The van der Waals surface area contributed by atoms with Gasteiger partial charge in [-0.1, -0.05) is 13.8 Å². The number of rotatable bonds is 7. The summed E-state index contributed by atoms with van der Waals surface area (Å²) in [7, 11) is 0. The average molecular weight is 299 g/mol. The lowest BCUT2D eigenvalue weighted by atomic mass is 10.1. The van der Waals surface area contributed by atoms with Gasteiger partial charge in [0.2, 0.25) is 0 Å². The molecular weight excluding hydrogens is 270 g/mol. The number of esters is 1. The fourth-order valence-electron chi connectivity index (χ4n) is 2.97. The summed E-state index contributed by atoms with van der Waals surface area (Å²) in [6, 6.07) is 0. The Labute approximate surface area is 127 Å². The Hall–Kier alpha value is -0.650. The van der Waals surface area contributed by atoms with Crippen molar-refractivity contribution in [3.63, 3.8) is 0 Å². The lowest BCUT2D eigenvalue weighted by molar-refractivity contribution is -0.151. The molecular formula is C16H29NO4. The zero-order valence-electron chi connectivity index (χ0n) is 13.4. The van der Waals surface area contributed by atoms with Crippen molar-refractivity contribution in [1.82, 2.24) is 4.90 Å². The first-order chi connectivity index (χ1) is 10.1. The number of hydrogen-bond acceptors (Lipinski definition) is 5. The summed E-state index contributed by atoms with van der Waals surface area (Å²) >= 11 is 0. The van der Waals surface area contributed by atoms with Crippen LogP contribution < -0.4 is 0 Å². The molecule has 2 atom stereocenters. The van der Waals surface area contributed by atoms with Crippen molar-refractivity contribution in [2.75, 3.05) is 39.5 Å². The molecule has 0 saturated carbocycles. The highest BCUT2D eigenvalue weighted by atomic mass is 16.6. The second kappa shape index (κ2) is 8.71. The summed E-state index contributed by atoms with van der Waals surface area (Å²) < 4.78 is 16.5. The van der Waals surface area contributed by atoms with Gasteiger partial charge in [-0.05, 0) is 25.2 Å². The molecule has 0 spiro atoms. The third-order valence-electron chi connectivity index (χ3n) is 3.97. The summed E-state index contributed by atoms with van der Waals surface area (Å²) in [5, 5.41) is 0. The Kier molecular flexibility index (Phi) is 6.93. The van der Waals surface area contributed by atoms with Gasteiger partial charge in [0.1, 0.15) is 12.7 Å². The van der Waals surface area contributed by atoms with E-state index >= 15 is 0 Å². The molecule has 2 fully saturated rings. The van der Waals surface area contributed by atoms with Gasteiger partial charge in [0, 0.05) is 32.7 Å². The van der Waals surface area contributed by atoms with Gasteiger partial charge in [0.25, 0.3) is 0 Å². The summed E-state index contributed by atoms with van der Waals surface area (Å²) in [5.41, 5.74) is 0. The molecule has 2 saturated heterocycles. The average Bonchev–Trinajstić information content (AvgIpc) is 2.96. The zero-order chi connectivity index (χ0) is 15.1. The van der Waals surface area contributed by atoms with Gasteiger partial charge in [-0.3, -0.25) is 9.69 Å². The van der Waals surface area contributed by atoms with Gasteiger partial charge < -0.3 is 14.2 Å². The molecule has 2 heterocycles. The van der Waals surface area contributed by atoms with E-state index in [4.69, 9.17) is 14.2 Å². The summed E-state index contributed by atoms with van der Waals surface area (Å²) in [6.07, 6.45) is 3.69. The molecule has 0 aromatic heterocycles. The number of morpholine rings is 1. The molecule has 0 aromatic carbocycles. The first-order valence-electron chi connectivity index (χ1n) is 8.24. The van der Waals surface area contributed by atoms with Crippen molar-refractivity contribution < 1.29 is 19.0 Å². The van der Waals surface area contributed by atoms with Gasteiger partial charge in [-0.15, -0.1) is 0 Å². The van der Waals surface area contributed by atoms with E-state index in [1.165, 1.54) is 0 Å². The van der Waals surface area contributed by atoms with Crippen LogP contribution in [0.2, 0.25) is 0 Å². The van der Waals surface area contributed by atoms with Gasteiger partial charge in [0.15, 0.2) is 0 Å². The first-order valence-corrected chi connectivity index (χ1v) is 8.24. The van der Waals surface area contributed by atoms with E-state index < -0.39 is 0 Å². The van der Waals surface area contributed by atoms with Crippen LogP contribution in [0.4, 0.5) is 0 Å². The Morgan fingerprint density at radius 1 is 1.29 bits per heavy atom. The molecule has 5 nitrogen and oxygen atoms in total. The van der Waals surface area contributed by atoms with Gasteiger partial charge in [-0.25, -0.2) is 0 Å². The third kappa shape index (κ3) is 6.32. The van der Waals surface area contributed by atoms with Gasteiger partial charge in [0.05, 0.1) is 12.7 Å². The van der Waals surface area contributed by atoms with E-state index in [1.54, 1.807) is 0 Å². The van der Waals surface area contributed by atoms with Crippen LogP contribution in [0.25, 0.3) is 0 Å². The Balaban J connectivity index is 1.59. The van der Waals surface area contributed by atoms with E-state index in [-0.39, 0.29) is 18.2 Å². The predicted octanol–water partition coefficient (Wildman–Crippen LogP) is 1.85. The topological polar surface area (TPSA) is 48.0 Å². The molecule has 2 aliphatic heterocycles. The molecule has 5 heteroatoms. The number of ether oxygens (including phenoxy) is 3. The number of carbonyl (C=O) groups excluding carboxylic acids is 1. The van der Waals surface area contributed by atoms with Crippen LogP contribution in [0.3, 0.4) is 0 Å². The van der Waals surface area contributed by atoms with Crippen LogP contribution >= 0.6 is 0 Å². The maximum Gasteiger partial charge on any atom is 0.305 e. The van der Waals surface area contributed by atoms with Crippen LogP contribution in [0, 0.1) is 5.92 Å². The van der Waals surface area contributed by atoms with Crippen molar-refractivity contribution in [2.45, 2.75) is 51.7 Å². The summed E-state index contributed by atoms with van der Waals surface area (Å²) in [5.74, 6) is 0.521. The molecule has 0 N–H and O–H groups in total. The van der Waals surface area contributed by atoms with E-state index in [0.717, 1.165) is 52.1 Å². The largest absolute Gasteiger partial charge is 0.463 e. The molecule has 122 valence electrons. The Morgan fingerprint density at radius 2 is 2.10 bits per heavy atom. The second-order valence-corrected chi connectivity index (χ2v) is 6.50. The van der Waals surface area contributed by atoms with Crippen molar-refractivity contribution in [1.29, 1.82) is 0 Å². The summed E-state index contributed by atoms with van der Waals surface area (Å²) in [6.45, 7) is 9.28. The quantitative estimate of drug-likeness (QED) is 0.671. The highest BCUT2D eigenvalue weighted by Gasteiger charge is 2.23. The van der Waals surface area contributed by atoms with Crippen LogP contribution in [0.5, 0.6) is 0 Å². The molecule has 0 aliphatic carbocycles. The molecule has 0 amide bonds. The Morgan fingerprint density at radius 3 is 2.81 bits per heavy atom. The fraction of sp³-hybridized carbons (Fsp3) is 0.938. The number of carbonyl (C=O) groups is 1. The van der Waals surface area contributed by atoms with Gasteiger partial charge in [-0.2, -0.15) is 0 Å². The maximum atomic E-state index is 11.8. The van der Waals surface area contributed by atoms with Crippen molar-refractivity contribution in [3.05, 3.63) is 0 Å². The number of nitrogens with zero attached hydrogens (tertiary/aromatic N) is 1. The SMILES string of the molecule is CC(C)CN1CCOC(COC(=O)CCC2CCCO2)C1. The minimum absolute atomic E-state index is 0.0178. The van der Waals surface area contributed by atoms with E-state index in [2.05, 4.69) is 18.7 Å². The lowest BCUT2D eigenvalue weighted by Crippen LogP contribution is -2.45. The van der Waals surface area contributed by atoms with Crippen molar-refractivity contribution in [3.8, 4) is 0 Å². The van der Waals surface area contributed by atoms with Crippen molar-refractivity contribution >= 4 is 5.97 Å². The standard InChI is InChI=1S/C16H29NO4/c1-13(2)10-17-7-9-20-15(11-17)12-21-16(18)6-5-14-4-3-8-19-14/h13-15H,3-12H2,1-2H3. The second-order valence-electron chi connectivity index (χ2n) is 6.50. The lowest BCUT2D eigenvalue weighted by Gasteiger charge is -2.33. The Bertz CT molecular complexity index is 315. The molecule has 2 aliphatic rings. The molecule has 0 aromatic rings. The highest BCUT2D eigenvalue weighted by molar-refractivity contribution is 5.69.